The minimum Gasteiger partial charge on any atom is -0.467 e. The van der Waals surface area contributed by atoms with Gasteiger partial charge in [-0.05, 0) is 78.2 Å². The number of rotatable bonds is 14. The number of amides is 2. The first kappa shape index (κ1) is 40.4. The molecule has 2 heterocycles. The van der Waals surface area contributed by atoms with Crippen LogP contribution in [0.5, 0.6) is 0 Å². The first-order valence-corrected chi connectivity index (χ1v) is 17.5. The Hall–Kier alpha value is -2.04. The topological polar surface area (TPSA) is 205 Å². The summed E-state index contributed by atoms with van der Waals surface area (Å²) in [5.74, 6) is -0.922. The van der Waals surface area contributed by atoms with Gasteiger partial charge >= 0.3 is 6.09 Å². The fraction of sp³-hybridized carbons (Fsp3) is 0.882. The predicted molar refractivity (Wildman–Crippen MR) is 174 cm³/mol. The lowest BCUT2D eigenvalue weighted by Gasteiger charge is -2.49. The van der Waals surface area contributed by atoms with Gasteiger partial charge in [-0.1, -0.05) is 27.2 Å². The molecule has 278 valence electrons. The number of hydrogen-bond acceptors (Lipinski definition) is 12. The van der Waals surface area contributed by atoms with Crippen molar-refractivity contribution in [3.63, 3.8) is 0 Å². The Labute approximate surface area is 284 Å². The van der Waals surface area contributed by atoms with Gasteiger partial charge < -0.3 is 59.9 Å². The lowest BCUT2D eigenvalue weighted by molar-refractivity contribution is -0.315. The minimum absolute atomic E-state index is 0.0479. The third kappa shape index (κ3) is 11.0. The van der Waals surface area contributed by atoms with E-state index in [1.54, 1.807) is 27.7 Å². The molecule has 2 aliphatic heterocycles. The standard InChI is InChI=1S/C34H60N2O12/c1-8-12-24(38)29(41)35-23-17-19(3)27(26(40)28(23)47-31-25(39)21(9-2)34(7,43)18-44-31)46-30-22(36-32(42)48-33(4,5)6)15-14-20(45-30)13-10-11-16-37/h14,19,21-28,30-31,37-40,43H,8-13,15-18H2,1-7H3,(H,35,41)(H,36,42). The Kier molecular flexibility index (Phi) is 14.9. The van der Waals surface area contributed by atoms with Crippen molar-refractivity contribution in [1.82, 2.24) is 10.6 Å². The van der Waals surface area contributed by atoms with Crippen molar-refractivity contribution in [2.45, 2.75) is 166 Å². The van der Waals surface area contributed by atoms with Gasteiger partial charge in [-0.2, -0.15) is 0 Å². The normalized spacial score (nSPS) is 36.4. The van der Waals surface area contributed by atoms with E-state index in [9.17, 15) is 35.1 Å². The van der Waals surface area contributed by atoms with Gasteiger partial charge in [0.25, 0.3) is 0 Å². The Balaban J connectivity index is 1.87. The van der Waals surface area contributed by atoms with Crippen LogP contribution in [0.4, 0.5) is 4.79 Å². The zero-order valence-corrected chi connectivity index (χ0v) is 29.6. The van der Waals surface area contributed by atoms with Gasteiger partial charge in [0.1, 0.15) is 30.0 Å². The highest BCUT2D eigenvalue weighted by atomic mass is 16.7. The maximum Gasteiger partial charge on any atom is 0.408 e. The van der Waals surface area contributed by atoms with Crippen LogP contribution in [-0.2, 0) is 28.5 Å². The number of aliphatic hydroxyl groups is 5. The van der Waals surface area contributed by atoms with Gasteiger partial charge in [0.2, 0.25) is 12.2 Å². The molecule has 0 aromatic heterocycles. The predicted octanol–water partition coefficient (Wildman–Crippen LogP) is 1.98. The number of alkyl carbamates (subject to hydrolysis) is 1. The number of aliphatic hydroxyl groups excluding tert-OH is 4. The summed E-state index contributed by atoms with van der Waals surface area (Å²) >= 11 is 0. The fourth-order valence-electron chi connectivity index (χ4n) is 6.70. The summed E-state index contributed by atoms with van der Waals surface area (Å²) in [6.45, 7) is 12.3. The number of nitrogens with one attached hydrogen (secondary N) is 2. The fourth-order valence-corrected chi connectivity index (χ4v) is 6.70. The maximum atomic E-state index is 13.0. The Morgan fingerprint density at radius 3 is 2.38 bits per heavy atom. The molecule has 12 unspecified atom stereocenters. The molecule has 0 bridgehead atoms. The van der Waals surface area contributed by atoms with E-state index in [-0.39, 0.29) is 32.0 Å². The SMILES string of the molecule is CCCC(O)C(=O)NC1CC(C)C(OC2OC(CCCCO)=CCC2NC(=O)OC(C)(C)C)C(O)C1OC1OCC(C)(O)C(CC)C1O. The molecule has 1 aliphatic carbocycles. The second-order valence-corrected chi connectivity index (χ2v) is 14.7. The molecule has 0 aromatic rings. The molecule has 0 spiro atoms. The second-order valence-electron chi connectivity index (χ2n) is 14.7. The van der Waals surface area contributed by atoms with E-state index < -0.39 is 84.3 Å². The zero-order valence-electron chi connectivity index (χ0n) is 29.6. The number of ether oxygens (including phenoxy) is 5. The molecule has 7 N–H and O–H groups in total. The Bertz CT molecular complexity index is 1070. The molecular weight excluding hydrogens is 628 g/mol. The van der Waals surface area contributed by atoms with Crippen LogP contribution in [0.1, 0.15) is 99.8 Å². The van der Waals surface area contributed by atoms with Crippen LogP contribution >= 0.6 is 0 Å². The highest BCUT2D eigenvalue weighted by Gasteiger charge is 2.51. The molecule has 1 saturated carbocycles. The lowest BCUT2D eigenvalue weighted by atomic mass is 9.79. The number of hydrogen-bond donors (Lipinski definition) is 7. The Morgan fingerprint density at radius 2 is 1.75 bits per heavy atom. The van der Waals surface area contributed by atoms with E-state index in [4.69, 9.17) is 23.7 Å². The molecule has 0 aromatic carbocycles. The summed E-state index contributed by atoms with van der Waals surface area (Å²) in [6, 6.07) is -1.46. The van der Waals surface area contributed by atoms with Gasteiger partial charge in [-0.3, -0.25) is 4.79 Å². The quantitative estimate of drug-likeness (QED) is 0.131. The summed E-state index contributed by atoms with van der Waals surface area (Å²) in [7, 11) is 0. The molecule has 14 nitrogen and oxygen atoms in total. The molecule has 3 aliphatic rings. The van der Waals surface area contributed by atoms with Crippen LogP contribution in [0.25, 0.3) is 0 Å². The van der Waals surface area contributed by atoms with Gasteiger partial charge in [0.05, 0.1) is 36.2 Å². The minimum atomic E-state index is -1.38. The average Bonchev–Trinajstić information content (AvgIpc) is 2.98. The number of allylic oxidation sites excluding steroid dienone is 1. The summed E-state index contributed by atoms with van der Waals surface area (Å²) in [5.41, 5.74) is -2.03. The van der Waals surface area contributed by atoms with E-state index in [1.165, 1.54) is 0 Å². The van der Waals surface area contributed by atoms with Crippen molar-refractivity contribution < 1.29 is 58.8 Å². The van der Waals surface area contributed by atoms with Crippen LogP contribution < -0.4 is 10.6 Å². The average molecular weight is 689 g/mol. The van der Waals surface area contributed by atoms with Gasteiger partial charge in [0.15, 0.2) is 6.29 Å². The third-order valence-corrected chi connectivity index (χ3v) is 9.23. The molecule has 48 heavy (non-hydrogen) atoms. The summed E-state index contributed by atoms with van der Waals surface area (Å²) in [5, 5.41) is 59.1. The van der Waals surface area contributed by atoms with E-state index in [1.807, 2.05) is 26.8 Å². The number of carbonyl (C=O) groups excluding carboxylic acids is 2. The van der Waals surface area contributed by atoms with E-state index in [2.05, 4.69) is 10.6 Å². The molecule has 3 rings (SSSR count). The molecule has 2 amide bonds. The summed E-state index contributed by atoms with van der Waals surface area (Å²) < 4.78 is 30.2. The molecular formula is C34H60N2O12. The molecule has 12 atom stereocenters. The van der Waals surface area contributed by atoms with E-state index >= 15 is 0 Å². The van der Waals surface area contributed by atoms with Gasteiger partial charge in [-0.25, -0.2) is 4.79 Å². The summed E-state index contributed by atoms with van der Waals surface area (Å²) in [6.07, 6.45) is -3.24. The van der Waals surface area contributed by atoms with E-state index in [0.717, 1.165) is 0 Å². The molecule has 14 heteroatoms. The highest BCUT2D eigenvalue weighted by Crippen LogP contribution is 2.37. The van der Waals surface area contributed by atoms with Crippen molar-refractivity contribution in [1.29, 1.82) is 0 Å². The van der Waals surface area contributed by atoms with Crippen molar-refractivity contribution in [2.75, 3.05) is 13.2 Å². The van der Waals surface area contributed by atoms with Crippen LogP contribution in [0.3, 0.4) is 0 Å². The third-order valence-electron chi connectivity index (χ3n) is 9.23. The molecule has 0 radical (unpaired) electrons. The van der Waals surface area contributed by atoms with Crippen LogP contribution in [0, 0.1) is 11.8 Å². The first-order chi connectivity index (χ1) is 22.5. The van der Waals surface area contributed by atoms with Gasteiger partial charge in [0, 0.05) is 18.9 Å². The largest absolute Gasteiger partial charge is 0.467 e. The van der Waals surface area contributed by atoms with Crippen LogP contribution in [0.15, 0.2) is 11.8 Å². The van der Waals surface area contributed by atoms with Crippen molar-refractivity contribution in [2.24, 2.45) is 11.8 Å². The monoisotopic (exact) mass is 688 g/mol. The molecule has 2 fully saturated rings. The maximum absolute atomic E-state index is 13.0. The van der Waals surface area contributed by atoms with Crippen LogP contribution in [-0.4, -0.2) is 117 Å². The lowest BCUT2D eigenvalue weighted by Crippen LogP contribution is -2.65. The van der Waals surface area contributed by atoms with Crippen molar-refractivity contribution >= 4 is 12.0 Å². The van der Waals surface area contributed by atoms with Crippen molar-refractivity contribution in [3.05, 3.63) is 11.8 Å². The summed E-state index contributed by atoms with van der Waals surface area (Å²) in [4.78, 5) is 25.7. The smallest absolute Gasteiger partial charge is 0.408 e. The zero-order chi connectivity index (χ0) is 35.8. The van der Waals surface area contributed by atoms with Gasteiger partial charge in [-0.15, -0.1) is 0 Å². The first-order valence-electron chi connectivity index (χ1n) is 17.5. The second kappa shape index (κ2) is 17.8. The Morgan fingerprint density at radius 1 is 1.06 bits per heavy atom. The van der Waals surface area contributed by atoms with Crippen LogP contribution in [0.2, 0.25) is 0 Å². The highest BCUT2D eigenvalue weighted by molar-refractivity contribution is 5.80. The number of carbonyl (C=O) groups is 2. The number of unbranched alkanes of at least 4 members (excludes halogenated alkanes) is 1. The molecule has 1 saturated heterocycles. The van der Waals surface area contributed by atoms with E-state index in [0.29, 0.717) is 44.3 Å². The van der Waals surface area contributed by atoms with Crippen molar-refractivity contribution in [3.8, 4) is 0 Å².